The largest absolute Gasteiger partial charge is 0.388 e. The van der Waals surface area contributed by atoms with Crippen LogP contribution in [0.2, 0.25) is 0 Å². The minimum Gasteiger partial charge on any atom is -0.388 e. The zero-order valence-electron chi connectivity index (χ0n) is 16.2. The SMILES string of the molecule is C=C1c2cccc(NCc3cc(NC)ccc3F)c2CN1C1CCC(=O)NC1=O. The number of piperidine rings is 1. The molecule has 2 heterocycles. The number of carbonyl (C=O) groups is 2. The minimum atomic E-state index is -0.412. The van der Waals surface area contributed by atoms with Gasteiger partial charge in [-0.15, -0.1) is 0 Å². The Morgan fingerprint density at radius 1 is 1.28 bits per heavy atom. The highest BCUT2D eigenvalue weighted by molar-refractivity contribution is 6.01. The molecule has 2 aromatic carbocycles. The lowest BCUT2D eigenvalue weighted by molar-refractivity contribution is -0.136. The van der Waals surface area contributed by atoms with E-state index in [9.17, 15) is 14.0 Å². The number of benzene rings is 2. The van der Waals surface area contributed by atoms with Crippen LogP contribution in [0.4, 0.5) is 15.8 Å². The average Bonchev–Trinajstić information content (AvgIpc) is 3.04. The first-order valence-corrected chi connectivity index (χ1v) is 9.59. The molecule has 2 amide bonds. The van der Waals surface area contributed by atoms with Gasteiger partial charge in [0.1, 0.15) is 11.9 Å². The molecule has 0 radical (unpaired) electrons. The fraction of sp³-hybridized carbons (Fsp3) is 0.273. The molecule has 1 unspecified atom stereocenters. The zero-order chi connectivity index (χ0) is 20.5. The Labute approximate surface area is 168 Å². The number of hydrogen-bond donors (Lipinski definition) is 3. The second-order valence-corrected chi connectivity index (χ2v) is 7.28. The Morgan fingerprint density at radius 2 is 2.10 bits per heavy atom. The molecule has 2 aromatic rings. The molecule has 1 fully saturated rings. The van der Waals surface area contributed by atoms with Crippen molar-refractivity contribution in [2.24, 2.45) is 0 Å². The smallest absolute Gasteiger partial charge is 0.249 e. The molecular weight excluding hydrogens is 371 g/mol. The van der Waals surface area contributed by atoms with Gasteiger partial charge < -0.3 is 15.5 Å². The Kier molecular flexibility index (Phi) is 4.96. The van der Waals surface area contributed by atoms with Crippen molar-refractivity contribution in [3.8, 4) is 0 Å². The van der Waals surface area contributed by atoms with Crippen LogP contribution in [0.1, 0.15) is 29.5 Å². The van der Waals surface area contributed by atoms with Gasteiger partial charge in [0.25, 0.3) is 0 Å². The molecule has 1 atom stereocenters. The summed E-state index contributed by atoms with van der Waals surface area (Å²) < 4.78 is 14.2. The van der Waals surface area contributed by atoms with Gasteiger partial charge in [0.2, 0.25) is 11.8 Å². The maximum atomic E-state index is 14.2. The molecule has 2 aliphatic heterocycles. The summed E-state index contributed by atoms with van der Waals surface area (Å²) in [5.74, 6) is -0.781. The maximum absolute atomic E-state index is 14.2. The van der Waals surface area contributed by atoms with E-state index in [1.54, 1.807) is 19.2 Å². The summed E-state index contributed by atoms with van der Waals surface area (Å²) in [5.41, 5.74) is 5.04. The molecule has 3 N–H and O–H groups in total. The van der Waals surface area contributed by atoms with Crippen molar-refractivity contribution in [3.63, 3.8) is 0 Å². The van der Waals surface area contributed by atoms with E-state index in [1.165, 1.54) is 6.07 Å². The molecule has 2 aliphatic rings. The Bertz CT molecular complexity index is 1000. The summed E-state index contributed by atoms with van der Waals surface area (Å²) in [6.45, 7) is 5.02. The summed E-state index contributed by atoms with van der Waals surface area (Å²) in [5, 5.41) is 8.75. The minimum absolute atomic E-state index is 0.234. The Hall–Kier alpha value is -3.35. The molecule has 0 aromatic heterocycles. The van der Waals surface area contributed by atoms with Crippen molar-refractivity contribution in [2.45, 2.75) is 32.0 Å². The molecule has 150 valence electrons. The molecule has 7 heteroatoms. The van der Waals surface area contributed by atoms with E-state index in [1.807, 2.05) is 23.1 Å². The van der Waals surface area contributed by atoms with E-state index in [4.69, 9.17) is 0 Å². The monoisotopic (exact) mass is 394 g/mol. The van der Waals surface area contributed by atoms with E-state index in [0.717, 1.165) is 28.2 Å². The first kappa shape index (κ1) is 19.0. The number of hydrogen-bond acceptors (Lipinski definition) is 5. The van der Waals surface area contributed by atoms with Gasteiger partial charge in [0.15, 0.2) is 0 Å². The van der Waals surface area contributed by atoms with Crippen LogP contribution in [0.15, 0.2) is 43.0 Å². The predicted octanol–water partition coefficient (Wildman–Crippen LogP) is 3.07. The normalized spacial score (nSPS) is 18.5. The lowest BCUT2D eigenvalue weighted by Gasteiger charge is -2.31. The second kappa shape index (κ2) is 7.58. The summed E-state index contributed by atoms with van der Waals surface area (Å²) in [6.07, 6.45) is 0.797. The van der Waals surface area contributed by atoms with Crippen LogP contribution in [-0.4, -0.2) is 29.8 Å². The van der Waals surface area contributed by atoms with E-state index in [2.05, 4.69) is 22.5 Å². The number of fused-ring (bicyclic) bond motifs is 1. The average molecular weight is 394 g/mol. The number of rotatable bonds is 5. The predicted molar refractivity (Wildman–Crippen MR) is 110 cm³/mol. The van der Waals surface area contributed by atoms with E-state index < -0.39 is 6.04 Å². The van der Waals surface area contributed by atoms with Gasteiger partial charge in [-0.3, -0.25) is 14.9 Å². The molecule has 1 saturated heterocycles. The van der Waals surface area contributed by atoms with Gasteiger partial charge in [-0.1, -0.05) is 18.7 Å². The van der Waals surface area contributed by atoms with Crippen molar-refractivity contribution < 1.29 is 14.0 Å². The maximum Gasteiger partial charge on any atom is 0.249 e. The third kappa shape index (κ3) is 3.55. The van der Waals surface area contributed by atoms with E-state index >= 15 is 0 Å². The van der Waals surface area contributed by atoms with Crippen molar-refractivity contribution in [2.75, 3.05) is 17.7 Å². The molecular formula is C22H23FN4O2. The van der Waals surface area contributed by atoms with Crippen molar-refractivity contribution >= 4 is 28.9 Å². The summed E-state index contributed by atoms with van der Waals surface area (Å²) in [4.78, 5) is 25.7. The number of imide groups is 1. The highest BCUT2D eigenvalue weighted by Gasteiger charge is 2.36. The van der Waals surface area contributed by atoms with E-state index in [0.29, 0.717) is 31.5 Å². The van der Waals surface area contributed by atoms with Crippen LogP contribution < -0.4 is 16.0 Å². The summed E-state index contributed by atoms with van der Waals surface area (Å²) >= 11 is 0. The first-order valence-electron chi connectivity index (χ1n) is 9.59. The highest BCUT2D eigenvalue weighted by Crippen LogP contribution is 2.38. The van der Waals surface area contributed by atoms with Crippen LogP contribution >= 0.6 is 0 Å². The van der Waals surface area contributed by atoms with Crippen LogP contribution in [-0.2, 0) is 22.7 Å². The van der Waals surface area contributed by atoms with Crippen LogP contribution in [0.5, 0.6) is 0 Å². The lowest BCUT2D eigenvalue weighted by atomic mass is 10.0. The topological polar surface area (TPSA) is 73.5 Å². The van der Waals surface area contributed by atoms with Gasteiger partial charge in [-0.25, -0.2) is 4.39 Å². The van der Waals surface area contributed by atoms with Gasteiger partial charge in [-0.05, 0) is 30.7 Å². The summed E-state index contributed by atoms with van der Waals surface area (Å²) in [6, 6.07) is 10.3. The molecule has 0 bridgehead atoms. The fourth-order valence-electron chi connectivity index (χ4n) is 3.95. The molecule has 4 rings (SSSR count). The second-order valence-electron chi connectivity index (χ2n) is 7.28. The third-order valence-corrected chi connectivity index (χ3v) is 5.55. The Balaban J connectivity index is 1.54. The number of nitrogens with zero attached hydrogens (tertiary/aromatic N) is 1. The van der Waals surface area contributed by atoms with Crippen LogP contribution in [0, 0.1) is 5.82 Å². The number of nitrogens with one attached hydrogen (secondary N) is 3. The van der Waals surface area contributed by atoms with Gasteiger partial charge >= 0.3 is 0 Å². The first-order chi connectivity index (χ1) is 14.0. The summed E-state index contributed by atoms with van der Waals surface area (Å²) in [7, 11) is 1.80. The lowest BCUT2D eigenvalue weighted by Crippen LogP contribution is -2.50. The molecule has 29 heavy (non-hydrogen) atoms. The standard InChI is InChI=1S/C22H23FN4O2/c1-13-16-4-3-5-19(25-11-14-10-15(24-2)6-7-18(14)23)17(16)12-27(13)20-8-9-21(28)26-22(20)29/h3-7,10,20,24-25H,1,8-9,11-12H2,2H3,(H,26,28,29). The molecule has 0 spiro atoms. The van der Waals surface area contributed by atoms with Crippen molar-refractivity contribution in [1.82, 2.24) is 10.2 Å². The van der Waals surface area contributed by atoms with Crippen molar-refractivity contribution in [3.05, 3.63) is 65.5 Å². The van der Waals surface area contributed by atoms with E-state index in [-0.39, 0.29) is 17.6 Å². The van der Waals surface area contributed by atoms with Crippen LogP contribution in [0.25, 0.3) is 5.70 Å². The van der Waals surface area contributed by atoms with Crippen molar-refractivity contribution in [1.29, 1.82) is 0 Å². The quantitative estimate of drug-likeness (QED) is 0.680. The molecule has 6 nitrogen and oxygen atoms in total. The van der Waals surface area contributed by atoms with Gasteiger partial charge in [0.05, 0.1) is 0 Å². The van der Waals surface area contributed by atoms with Gasteiger partial charge in [0, 0.05) is 60.3 Å². The molecule has 0 aliphatic carbocycles. The fourth-order valence-corrected chi connectivity index (χ4v) is 3.95. The number of amides is 2. The Morgan fingerprint density at radius 3 is 2.86 bits per heavy atom. The number of anilines is 2. The number of halogens is 1. The highest BCUT2D eigenvalue weighted by atomic mass is 19.1. The third-order valence-electron chi connectivity index (χ3n) is 5.55. The zero-order valence-corrected chi connectivity index (χ0v) is 16.2. The van der Waals surface area contributed by atoms with Crippen LogP contribution in [0.3, 0.4) is 0 Å². The molecule has 0 saturated carbocycles. The van der Waals surface area contributed by atoms with Gasteiger partial charge in [-0.2, -0.15) is 0 Å². The number of carbonyl (C=O) groups excluding carboxylic acids is 2.